The fraction of sp³-hybridized carbons (Fsp3) is 0.600. The topological polar surface area (TPSA) is 0 Å². The van der Waals surface area contributed by atoms with Gasteiger partial charge >= 0.3 is 21.7 Å². The van der Waals surface area contributed by atoms with Gasteiger partial charge in [0, 0.05) is 0 Å². The van der Waals surface area contributed by atoms with E-state index < -0.39 is 0 Å². The van der Waals surface area contributed by atoms with Gasteiger partial charge in [-0.25, -0.2) is 11.6 Å². The predicted molar refractivity (Wildman–Crippen MR) is 52.7 cm³/mol. The van der Waals surface area contributed by atoms with Crippen LogP contribution in [0.4, 0.5) is 0 Å². The van der Waals surface area contributed by atoms with Crippen molar-refractivity contribution in [3.05, 3.63) is 23.8 Å². The molecule has 0 amide bonds. The van der Waals surface area contributed by atoms with Crippen LogP contribution in [0.3, 0.4) is 0 Å². The summed E-state index contributed by atoms with van der Waals surface area (Å²) in [5.74, 6) is 1.24. The zero-order chi connectivity index (χ0) is 8.10. The largest absolute Gasteiger partial charge is 3.00 e. The first-order valence-electron chi connectivity index (χ1n) is 4.17. The van der Waals surface area contributed by atoms with Crippen molar-refractivity contribution in [1.29, 1.82) is 0 Å². The number of thioether (sulfide) groups is 1. The van der Waals surface area contributed by atoms with E-state index in [0.717, 1.165) is 11.7 Å². The van der Waals surface area contributed by atoms with Crippen molar-refractivity contribution in [2.45, 2.75) is 31.9 Å². The molecule has 79 valence electrons. The van der Waals surface area contributed by atoms with Crippen molar-refractivity contribution < 1.29 is 46.5 Å². The molecule has 0 saturated heterocycles. The molecule has 0 aromatic carbocycles. The summed E-state index contributed by atoms with van der Waals surface area (Å²) in [5.41, 5.74) is 1.40. The molecule has 1 radical (unpaired) electrons. The van der Waals surface area contributed by atoms with Crippen LogP contribution in [-0.4, -0.2) is 11.0 Å². The van der Waals surface area contributed by atoms with Gasteiger partial charge in [-0.15, -0.1) is 6.42 Å². The normalized spacial score (nSPS) is 12.6. The summed E-state index contributed by atoms with van der Waals surface area (Å²) in [5, 5.41) is 0.765. The van der Waals surface area contributed by atoms with Crippen LogP contribution >= 0.6 is 11.8 Å². The number of rotatable bonds is 4. The Bertz CT molecular complexity index is 179. The van der Waals surface area contributed by atoms with E-state index in [9.17, 15) is 0 Å². The molecule has 0 bridgehead atoms. The van der Waals surface area contributed by atoms with E-state index in [2.05, 4.69) is 32.1 Å². The fourth-order valence-electron chi connectivity index (χ4n) is 1.03. The van der Waals surface area contributed by atoms with Gasteiger partial charge in [-0.1, -0.05) is 20.3 Å². The molecule has 0 N–H and O–H groups in total. The molecule has 0 aromatic rings. The van der Waals surface area contributed by atoms with Gasteiger partial charge in [-0.3, -0.25) is 6.08 Å². The van der Waals surface area contributed by atoms with Crippen LogP contribution in [0.2, 0.25) is 0 Å². The molecule has 1 aliphatic carbocycles. The Morgan fingerprint density at radius 1 is 1.43 bits per heavy atom. The first kappa shape index (κ1) is 20.5. The SMILES string of the molecule is CC(C)SCCC1=[C-]CC=C1.[Cl-].[Cl-].[Ti+3]. The van der Waals surface area contributed by atoms with E-state index in [-0.39, 0.29) is 46.5 Å². The monoisotopic (exact) mass is 285 g/mol. The van der Waals surface area contributed by atoms with Crippen molar-refractivity contribution in [2.75, 3.05) is 5.75 Å². The van der Waals surface area contributed by atoms with Gasteiger partial charge in [0.1, 0.15) is 0 Å². The first-order chi connectivity index (χ1) is 5.29. The van der Waals surface area contributed by atoms with Crippen LogP contribution in [-0.2, 0) is 21.7 Å². The molecule has 0 heterocycles. The van der Waals surface area contributed by atoms with Crippen molar-refractivity contribution in [2.24, 2.45) is 0 Å². The Balaban J connectivity index is -0.000000403. The average Bonchev–Trinajstić information content (AvgIpc) is 2.39. The summed E-state index contributed by atoms with van der Waals surface area (Å²) in [6, 6.07) is 0. The second-order valence-corrected chi connectivity index (χ2v) is 4.66. The van der Waals surface area contributed by atoms with E-state index >= 15 is 0 Å². The van der Waals surface area contributed by atoms with Crippen LogP contribution in [0.15, 0.2) is 17.7 Å². The second-order valence-electron chi connectivity index (χ2n) is 2.98. The van der Waals surface area contributed by atoms with Crippen molar-refractivity contribution >= 4 is 11.8 Å². The van der Waals surface area contributed by atoms with Crippen LogP contribution in [0, 0.1) is 6.08 Å². The van der Waals surface area contributed by atoms with Gasteiger partial charge in [0.25, 0.3) is 0 Å². The van der Waals surface area contributed by atoms with Gasteiger partial charge in [0.15, 0.2) is 0 Å². The number of allylic oxidation sites excluding steroid dienone is 4. The molecule has 0 unspecified atom stereocenters. The summed E-state index contributed by atoms with van der Waals surface area (Å²) in [4.78, 5) is 0. The number of halogens is 2. The van der Waals surface area contributed by atoms with E-state index in [0.29, 0.717) is 0 Å². The molecule has 4 heteroatoms. The minimum Gasteiger partial charge on any atom is -1.00 e. The van der Waals surface area contributed by atoms with Crippen LogP contribution in [0.1, 0.15) is 26.7 Å². The summed E-state index contributed by atoms with van der Waals surface area (Å²) in [6.45, 7) is 4.49. The third-order valence-electron chi connectivity index (χ3n) is 1.59. The smallest absolute Gasteiger partial charge is 1.00 e. The molecule has 0 aromatic heterocycles. The van der Waals surface area contributed by atoms with Crippen molar-refractivity contribution in [3.8, 4) is 0 Å². The van der Waals surface area contributed by atoms with E-state index in [1.54, 1.807) is 0 Å². The average molecular weight is 286 g/mol. The maximum atomic E-state index is 3.32. The van der Waals surface area contributed by atoms with Gasteiger partial charge in [0.05, 0.1) is 0 Å². The third-order valence-corrected chi connectivity index (χ3v) is 2.70. The van der Waals surface area contributed by atoms with Gasteiger partial charge in [0.2, 0.25) is 0 Å². The molecule has 0 aliphatic heterocycles. The van der Waals surface area contributed by atoms with E-state index in [1.165, 1.54) is 17.7 Å². The molecule has 0 fully saturated rings. The van der Waals surface area contributed by atoms with E-state index in [1.807, 2.05) is 11.8 Å². The molecule has 14 heavy (non-hydrogen) atoms. The Kier molecular flexibility index (Phi) is 17.9. The molecular formula is C10H15Cl2STi. The molecule has 0 atom stereocenters. The Morgan fingerprint density at radius 2 is 2.07 bits per heavy atom. The van der Waals surface area contributed by atoms with Crippen molar-refractivity contribution in [1.82, 2.24) is 0 Å². The van der Waals surface area contributed by atoms with Gasteiger partial charge in [-0.05, 0) is 11.0 Å². The summed E-state index contributed by atoms with van der Waals surface area (Å²) < 4.78 is 0. The second kappa shape index (κ2) is 12.2. The number of hydrogen-bond donors (Lipinski definition) is 0. The first-order valence-corrected chi connectivity index (χ1v) is 5.22. The summed E-state index contributed by atoms with van der Waals surface area (Å²) >= 11 is 2.02. The standard InChI is InChI=1S/C10H15S.2ClH.Ti/c1-9(2)11-8-7-10-5-3-4-6-10;;;/h3,5,9H,4,7-8H2,1-2H3;2*1H;/q-1;;;+3/p-2. The zero-order valence-electron chi connectivity index (χ0n) is 8.52. The predicted octanol–water partition coefficient (Wildman–Crippen LogP) is -2.79. The van der Waals surface area contributed by atoms with Crippen molar-refractivity contribution in [3.63, 3.8) is 0 Å². The molecule has 0 spiro atoms. The summed E-state index contributed by atoms with van der Waals surface area (Å²) in [6.07, 6.45) is 9.92. The van der Waals surface area contributed by atoms with E-state index in [4.69, 9.17) is 0 Å². The maximum Gasteiger partial charge on any atom is 3.00 e. The molecule has 1 aliphatic rings. The Hall–Kier alpha value is 1.12. The quantitative estimate of drug-likeness (QED) is 0.398. The Labute approximate surface area is 119 Å². The minimum atomic E-state index is 0. The fourth-order valence-corrected chi connectivity index (χ4v) is 1.84. The van der Waals surface area contributed by atoms with Gasteiger partial charge < -0.3 is 24.8 Å². The molecule has 0 saturated carbocycles. The van der Waals surface area contributed by atoms with Gasteiger partial charge in [-0.2, -0.15) is 17.8 Å². The van der Waals surface area contributed by atoms with Crippen LogP contribution < -0.4 is 24.8 Å². The minimum absolute atomic E-state index is 0. The molecular weight excluding hydrogens is 271 g/mol. The number of hydrogen-bond acceptors (Lipinski definition) is 1. The third kappa shape index (κ3) is 9.67. The zero-order valence-corrected chi connectivity index (χ0v) is 12.4. The Morgan fingerprint density at radius 3 is 2.50 bits per heavy atom. The van der Waals surface area contributed by atoms with Crippen LogP contribution in [0.25, 0.3) is 0 Å². The summed E-state index contributed by atoms with van der Waals surface area (Å²) in [7, 11) is 0. The molecule has 0 nitrogen and oxygen atoms in total. The maximum absolute atomic E-state index is 3.32. The van der Waals surface area contributed by atoms with Crippen LogP contribution in [0.5, 0.6) is 0 Å². The molecule has 1 rings (SSSR count).